The van der Waals surface area contributed by atoms with E-state index in [1.165, 1.54) is 42.3 Å². The third-order valence-electron chi connectivity index (χ3n) is 6.48. The fourth-order valence-electron chi connectivity index (χ4n) is 5.15. The van der Waals surface area contributed by atoms with E-state index in [-0.39, 0.29) is 5.91 Å². The maximum atomic E-state index is 12.3. The van der Waals surface area contributed by atoms with Crippen LogP contribution in [0.3, 0.4) is 0 Å². The van der Waals surface area contributed by atoms with Gasteiger partial charge in [-0.2, -0.15) is 0 Å². The van der Waals surface area contributed by atoms with Crippen molar-refractivity contribution in [1.82, 2.24) is 4.90 Å². The van der Waals surface area contributed by atoms with Gasteiger partial charge in [-0.05, 0) is 65.4 Å². The molecule has 3 heterocycles. The van der Waals surface area contributed by atoms with Gasteiger partial charge in [0, 0.05) is 18.0 Å². The average molecular weight is 356 g/mol. The second kappa shape index (κ2) is 6.50. The van der Waals surface area contributed by atoms with Crippen LogP contribution >= 0.6 is 0 Å². The molecule has 3 fully saturated rings. The van der Waals surface area contributed by atoms with E-state index < -0.39 is 0 Å². The van der Waals surface area contributed by atoms with Gasteiger partial charge < -0.3 is 10.6 Å². The number of carbonyl (C=O) groups excluding carboxylic acids is 1. The quantitative estimate of drug-likeness (QED) is 0.755. The van der Waals surface area contributed by atoms with Gasteiger partial charge >= 0.3 is 0 Å². The minimum Gasteiger partial charge on any atom is -0.366 e. The van der Waals surface area contributed by atoms with Gasteiger partial charge in [-0.1, -0.05) is 54.6 Å². The molecule has 3 aromatic rings. The molecule has 3 aliphatic rings. The summed E-state index contributed by atoms with van der Waals surface area (Å²) in [7, 11) is 0. The van der Waals surface area contributed by atoms with Gasteiger partial charge in [-0.15, -0.1) is 0 Å². The zero-order valence-corrected chi connectivity index (χ0v) is 15.4. The SMILES string of the molecule is NC(=O)c1cccc([C@H]2CN3CCC2CC3)c1-c1cccc2ccccc12. The van der Waals surface area contributed by atoms with E-state index in [2.05, 4.69) is 53.4 Å². The lowest BCUT2D eigenvalue weighted by atomic mass is 9.72. The van der Waals surface area contributed by atoms with Crippen molar-refractivity contribution in [2.45, 2.75) is 18.8 Å². The summed E-state index contributed by atoms with van der Waals surface area (Å²) in [4.78, 5) is 14.9. The summed E-state index contributed by atoms with van der Waals surface area (Å²) in [5.74, 6) is 0.827. The Morgan fingerprint density at radius 2 is 1.67 bits per heavy atom. The molecule has 3 nitrogen and oxygen atoms in total. The van der Waals surface area contributed by atoms with Crippen molar-refractivity contribution in [3.05, 3.63) is 71.8 Å². The monoisotopic (exact) mass is 356 g/mol. The molecule has 1 atom stereocenters. The molecule has 3 saturated heterocycles. The number of amides is 1. The minimum absolute atomic E-state index is 0.346. The first-order valence-electron chi connectivity index (χ1n) is 9.85. The Bertz CT molecular complexity index is 1010. The smallest absolute Gasteiger partial charge is 0.249 e. The number of nitrogens with zero attached hydrogens (tertiary/aromatic N) is 1. The molecule has 3 heteroatoms. The van der Waals surface area contributed by atoms with Crippen LogP contribution in [0.2, 0.25) is 0 Å². The molecule has 0 radical (unpaired) electrons. The highest BCUT2D eigenvalue weighted by molar-refractivity contribution is 6.06. The molecular formula is C24H24N2O. The number of hydrogen-bond donors (Lipinski definition) is 1. The Morgan fingerprint density at radius 3 is 2.41 bits per heavy atom. The Labute approximate surface area is 159 Å². The van der Waals surface area contributed by atoms with Crippen LogP contribution in [0.1, 0.15) is 34.7 Å². The van der Waals surface area contributed by atoms with E-state index in [9.17, 15) is 4.79 Å². The molecule has 0 saturated carbocycles. The predicted molar refractivity (Wildman–Crippen MR) is 110 cm³/mol. The Hall–Kier alpha value is -2.65. The van der Waals surface area contributed by atoms with Crippen molar-refractivity contribution in [2.75, 3.05) is 19.6 Å². The summed E-state index contributed by atoms with van der Waals surface area (Å²) >= 11 is 0. The summed E-state index contributed by atoms with van der Waals surface area (Å²) in [5, 5.41) is 2.37. The molecule has 0 unspecified atom stereocenters. The van der Waals surface area contributed by atoms with E-state index in [4.69, 9.17) is 5.73 Å². The van der Waals surface area contributed by atoms with Gasteiger partial charge in [0.05, 0.1) is 0 Å². The molecular weight excluding hydrogens is 332 g/mol. The summed E-state index contributed by atoms with van der Waals surface area (Å²) in [6.45, 7) is 3.51. The molecule has 27 heavy (non-hydrogen) atoms. The first-order valence-corrected chi connectivity index (χ1v) is 9.85. The molecule has 6 rings (SSSR count). The van der Waals surface area contributed by atoms with Crippen LogP contribution in [-0.4, -0.2) is 30.4 Å². The summed E-state index contributed by atoms with van der Waals surface area (Å²) in [6.07, 6.45) is 2.50. The predicted octanol–water partition coefficient (Wildman–Crippen LogP) is 4.41. The average Bonchev–Trinajstić information content (AvgIpc) is 2.73. The van der Waals surface area contributed by atoms with Gasteiger partial charge in [-0.3, -0.25) is 4.79 Å². The molecule has 0 aromatic heterocycles. The minimum atomic E-state index is -0.346. The molecule has 1 amide bonds. The molecule has 0 spiro atoms. The number of nitrogens with two attached hydrogens (primary N) is 1. The van der Waals surface area contributed by atoms with Crippen LogP contribution in [0.5, 0.6) is 0 Å². The Morgan fingerprint density at radius 1 is 0.926 bits per heavy atom. The highest BCUT2D eigenvalue weighted by Crippen LogP contribution is 2.44. The molecule has 0 aliphatic carbocycles. The standard InChI is InChI=1S/C24H24N2O/c25-24(27)21-10-4-9-20(22-15-26-13-11-17(22)12-14-26)23(21)19-8-3-6-16-5-1-2-7-18(16)19/h1-10,17,22H,11-15H2,(H2,25,27)/t22-/m0/s1. The van der Waals surface area contributed by atoms with Crippen molar-refractivity contribution >= 4 is 16.7 Å². The lowest BCUT2D eigenvalue weighted by Crippen LogP contribution is -2.46. The normalized spacial score (nSPS) is 24.2. The van der Waals surface area contributed by atoms with Crippen LogP contribution < -0.4 is 5.73 Å². The second-order valence-electron chi connectivity index (χ2n) is 7.91. The zero-order chi connectivity index (χ0) is 18.4. The van der Waals surface area contributed by atoms with Gasteiger partial charge in [0.2, 0.25) is 5.91 Å². The van der Waals surface area contributed by atoms with E-state index in [1.807, 2.05) is 12.1 Å². The number of hydrogen-bond acceptors (Lipinski definition) is 2. The third kappa shape index (κ3) is 2.74. The first-order chi connectivity index (χ1) is 13.2. The van der Waals surface area contributed by atoms with Crippen molar-refractivity contribution in [1.29, 1.82) is 0 Å². The zero-order valence-electron chi connectivity index (χ0n) is 15.4. The van der Waals surface area contributed by atoms with Crippen molar-refractivity contribution in [3.8, 4) is 11.1 Å². The summed E-state index contributed by atoms with van der Waals surface area (Å²) in [5.41, 5.74) is 9.91. The maximum absolute atomic E-state index is 12.3. The van der Waals surface area contributed by atoms with Gasteiger partial charge in [0.15, 0.2) is 0 Å². The summed E-state index contributed by atoms with van der Waals surface area (Å²) in [6, 6.07) is 20.8. The van der Waals surface area contributed by atoms with Gasteiger partial charge in [-0.25, -0.2) is 0 Å². The number of benzene rings is 3. The van der Waals surface area contributed by atoms with Gasteiger partial charge in [0.25, 0.3) is 0 Å². The maximum Gasteiger partial charge on any atom is 0.249 e. The largest absolute Gasteiger partial charge is 0.366 e. The Kier molecular flexibility index (Phi) is 3.98. The van der Waals surface area contributed by atoms with E-state index >= 15 is 0 Å². The number of piperidine rings is 3. The molecule has 2 bridgehead atoms. The lowest BCUT2D eigenvalue weighted by Gasteiger charge is -2.45. The third-order valence-corrected chi connectivity index (χ3v) is 6.48. The van der Waals surface area contributed by atoms with E-state index in [1.54, 1.807) is 0 Å². The number of fused-ring (bicyclic) bond motifs is 4. The lowest BCUT2D eigenvalue weighted by molar-refractivity contribution is 0.0872. The second-order valence-corrected chi connectivity index (χ2v) is 7.91. The molecule has 3 aliphatic heterocycles. The number of carbonyl (C=O) groups is 1. The number of rotatable bonds is 3. The van der Waals surface area contributed by atoms with E-state index in [0.29, 0.717) is 17.4 Å². The van der Waals surface area contributed by atoms with Crippen molar-refractivity contribution in [2.24, 2.45) is 11.7 Å². The van der Waals surface area contributed by atoms with Crippen LogP contribution in [0, 0.1) is 5.92 Å². The fraction of sp³-hybridized carbons (Fsp3) is 0.292. The van der Waals surface area contributed by atoms with Crippen LogP contribution in [0.15, 0.2) is 60.7 Å². The van der Waals surface area contributed by atoms with Crippen molar-refractivity contribution < 1.29 is 4.79 Å². The molecule has 136 valence electrons. The first kappa shape index (κ1) is 16.5. The van der Waals surface area contributed by atoms with Crippen LogP contribution in [0.25, 0.3) is 21.9 Å². The number of primary amides is 1. The summed E-state index contributed by atoms with van der Waals surface area (Å²) < 4.78 is 0. The highest BCUT2D eigenvalue weighted by atomic mass is 16.1. The van der Waals surface area contributed by atoms with Crippen LogP contribution in [0.4, 0.5) is 0 Å². The highest BCUT2D eigenvalue weighted by Gasteiger charge is 2.36. The molecule has 3 aromatic carbocycles. The van der Waals surface area contributed by atoms with E-state index in [0.717, 1.165) is 17.7 Å². The molecule has 2 N–H and O–H groups in total. The Balaban J connectivity index is 1.76. The fourth-order valence-corrected chi connectivity index (χ4v) is 5.15. The topological polar surface area (TPSA) is 46.3 Å². The van der Waals surface area contributed by atoms with Gasteiger partial charge in [0.1, 0.15) is 0 Å². The van der Waals surface area contributed by atoms with Crippen LogP contribution in [-0.2, 0) is 0 Å². The van der Waals surface area contributed by atoms with Crippen molar-refractivity contribution in [3.63, 3.8) is 0 Å².